The third-order valence-electron chi connectivity index (χ3n) is 6.14. The fourth-order valence-electron chi connectivity index (χ4n) is 4.54. The van der Waals surface area contributed by atoms with Gasteiger partial charge in [0, 0.05) is 64.4 Å². The van der Waals surface area contributed by atoms with E-state index in [2.05, 4.69) is 28.5 Å². The second-order valence-corrected chi connectivity index (χ2v) is 8.71. The van der Waals surface area contributed by atoms with Gasteiger partial charge >= 0.3 is 0 Å². The van der Waals surface area contributed by atoms with Crippen molar-refractivity contribution in [2.45, 2.75) is 45.1 Å². The number of hydrogen-bond acceptors (Lipinski definition) is 5. The highest BCUT2D eigenvalue weighted by Gasteiger charge is 2.31. The molecule has 0 aromatic heterocycles. The van der Waals surface area contributed by atoms with Crippen molar-refractivity contribution in [2.75, 3.05) is 72.2 Å². The summed E-state index contributed by atoms with van der Waals surface area (Å²) in [6.07, 6.45) is 3.98. The first-order chi connectivity index (χ1) is 12.5. The number of carbonyl (C=O) groups excluding carboxylic acids is 1. The topological polar surface area (TPSA) is 45.2 Å². The molecule has 0 aliphatic carbocycles. The molecule has 0 bridgehead atoms. The Kier molecular flexibility index (Phi) is 7.32. The summed E-state index contributed by atoms with van der Waals surface area (Å²) in [4.78, 5) is 19.9. The van der Waals surface area contributed by atoms with Gasteiger partial charge in [-0.2, -0.15) is 0 Å². The summed E-state index contributed by atoms with van der Waals surface area (Å²) in [5.41, 5.74) is 0.155. The average molecular weight is 368 g/mol. The van der Waals surface area contributed by atoms with Crippen LogP contribution >= 0.6 is 0 Å². The molecule has 0 radical (unpaired) electrons. The van der Waals surface area contributed by atoms with E-state index in [1.807, 2.05) is 0 Å². The van der Waals surface area contributed by atoms with Crippen molar-refractivity contribution >= 4 is 5.91 Å². The van der Waals surface area contributed by atoms with Crippen LogP contribution in [0.5, 0.6) is 0 Å². The summed E-state index contributed by atoms with van der Waals surface area (Å²) in [6, 6.07) is 0. The summed E-state index contributed by atoms with van der Waals surface area (Å²) < 4.78 is 11.0. The van der Waals surface area contributed by atoms with Gasteiger partial charge in [0.2, 0.25) is 5.91 Å². The Balaban J connectivity index is 1.45. The largest absolute Gasteiger partial charge is 0.381 e. The first-order valence-electron chi connectivity index (χ1n) is 10.5. The Morgan fingerprint density at radius 2 is 1.77 bits per heavy atom. The number of amides is 1. The fourth-order valence-corrected chi connectivity index (χ4v) is 4.54. The minimum Gasteiger partial charge on any atom is -0.381 e. The van der Waals surface area contributed by atoms with Crippen molar-refractivity contribution in [2.24, 2.45) is 5.92 Å². The van der Waals surface area contributed by atoms with Crippen LogP contribution in [0.1, 0.15) is 39.5 Å². The van der Waals surface area contributed by atoms with Crippen LogP contribution in [-0.2, 0) is 14.3 Å². The molecule has 0 aromatic rings. The van der Waals surface area contributed by atoms with E-state index in [-0.39, 0.29) is 5.54 Å². The van der Waals surface area contributed by atoms with Crippen LogP contribution in [0.25, 0.3) is 0 Å². The maximum absolute atomic E-state index is 12.7. The Morgan fingerprint density at radius 3 is 2.50 bits per heavy atom. The molecule has 1 amide bonds. The molecule has 3 heterocycles. The van der Waals surface area contributed by atoms with Crippen LogP contribution < -0.4 is 0 Å². The van der Waals surface area contributed by atoms with Crippen LogP contribution in [0.15, 0.2) is 0 Å². The molecule has 0 spiro atoms. The summed E-state index contributed by atoms with van der Waals surface area (Å²) in [5.74, 6) is 0.755. The highest BCUT2D eigenvalue weighted by molar-refractivity contribution is 5.76. The third-order valence-corrected chi connectivity index (χ3v) is 6.14. The Bertz CT molecular complexity index is 446. The summed E-state index contributed by atoms with van der Waals surface area (Å²) in [5, 5.41) is 0. The molecular formula is C20H37N3O3. The summed E-state index contributed by atoms with van der Waals surface area (Å²) in [7, 11) is 0. The maximum Gasteiger partial charge on any atom is 0.222 e. The van der Waals surface area contributed by atoms with E-state index in [4.69, 9.17) is 9.47 Å². The smallest absolute Gasteiger partial charge is 0.222 e. The second-order valence-electron chi connectivity index (χ2n) is 8.71. The fraction of sp³-hybridized carbons (Fsp3) is 0.950. The van der Waals surface area contributed by atoms with E-state index >= 15 is 0 Å². The maximum atomic E-state index is 12.7. The Labute approximate surface area is 158 Å². The summed E-state index contributed by atoms with van der Waals surface area (Å²) >= 11 is 0. The van der Waals surface area contributed by atoms with Gasteiger partial charge in [0.15, 0.2) is 0 Å². The molecule has 3 saturated heterocycles. The molecule has 150 valence electrons. The van der Waals surface area contributed by atoms with Gasteiger partial charge in [0.1, 0.15) is 0 Å². The molecule has 26 heavy (non-hydrogen) atoms. The lowest BCUT2D eigenvalue weighted by Crippen LogP contribution is -2.55. The van der Waals surface area contributed by atoms with Crippen molar-refractivity contribution < 1.29 is 14.3 Å². The zero-order valence-corrected chi connectivity index (χ0v) is 16.8. The van der Waals surface area contributed by atoms with Gasteiger partial charge in [0.25, 0.3) is 0 Å². The normalized spacial score (nSPS) is 27.3. The van der Waals surface area contributed by atoms with Gasteiger partial charge in [-0.05, 0) is 45.6 Å². The first-order valence-corrected chi connectivity index (χ1v) is 10.5. The van der Waals surface area contributed by atoms with E-state index in [1.165, 1.54) is 0 Å². The first kappa shape index (κ1) is 20.1. The predicted octanol–water partition coefficient (Wildman–Crippen LogP) is 1.45. The monoisotopic (exact) mass is 367 g/mol. The number of nitrogens with zero attached hydrogens (tertiary/aromatic N) is 3. The zero-order valence-electron chi connectivity index (χ0n) is 16.8. The van der Waals surface area contributed by atoms with Crippen molar-refractivity contribution in [3.8, 4) is 0 Å². The van der Waals surface area contributed by atoms with Crippen molar-refractivity contribution in [1.29, 1.82) is 0 Å². The molecule has 0 aromatic carbocycles. The third kappa shape index (κ3) is 5.65. The van der Waals surface area contributed by atoms with Crippen LogP contribution in [0.3, 0.4) is 0 Å². The molecule has 6 heteroatoms. The van der Waals surface area contributed by atoms with Gasteiger partial charge in [-0.15, -0.1) is 0 Å². The van der Waals surface area contributed by atoms with Gasteiger partial charge < -0.3 is 14.4 Å². The molecule has 1 unspecified atom stereocenters. The number of morpholine rings is 1. The minimum absolute atomic E-state index is 0.155. The number of rotatable bonds is 5. The van der Waals surface area contributed by atoms with E-state index in [0.717, 1.165) is 91.5 Å². The van der Waals surface area contributed by atoms with Gasteiger partial charge in [-0.3, -0.25) is 14.6 Å². The molecule has 0 N–H and O–H groups in total. The molecule has 3 rings (SSSR count). The van der Waals surface area contributed by atoms with Gasteiger partial charge in [0.05, 0.1) is 13.2 Å². The molecule has 1 atom stereocenters. The van der Waals surface area contributed by atoms with Crippen LogP contribution in [0.2, 0.25) is 0 Å². The van der Waals surface area contributed by atoms with E-state index in [1.54, 1.807) is 0 Å². The minimum atomic E-state index is 0.155. The molecule has 3 aliphatic rings. The van der Waals surface area contributed by atoms with Crippen LogP contribution in [0, 0.1) is 5.92 Å². The zero-order chi connectivity index (χ0) is 18.4. The number of hydrogen-bond donors (Lipinski definition) is 0. The number of ether oxygens (including phenoxy) is 2. The van der Waals surface area contributed by atoms with Crippen LogP contribution in [0.4, 0.5) is 0 Å². The highest BCUT2D eigenvalue weighted by atomic mass is 16.5. The quantitative estimate of drug-likeness (QED) is 0.736. The summed E-state index contributed by atoms with van der Waals surface area (Å²) in [6.45, 7) is 15.0. The number of carbonyl (C=O) groups is 1. The predicted molar refractivity (Wildman–Crippen MR) is 102 cm³/mol. The van der Waals surface area contributed by atoms with Crippen molar-refractivity contribution in [3.63, 3.8) is 0 Å². The lowest BCUT2D eigenvalue weighted by atomic mass is 9.98. The van der Waals surface area contributed by atoms with E-state index < -0.39 is 0 Å². The molecule has 3 fully saturated rings. The van der Waals surface area contributed by atoms with E-state index in [9.17, 15) is 4.79 Å². The molecule has 3 aliphatic heterocycles. The standard InChI is InChI=1S/C20H37N3O3/c1-20(2,23-10-13-25-14-11-23)17-21-6-4-7-22(9-8-21)19(24)15-18-5-3-12-26-16-18/h18H,3-17H2,1-2H3. The molecule has 0 saturated carbocycles. The van der Waals surface area contributed by atoms with Gasteiger partial charge in [-0.1, -0.05) is 0 Å². The lowest BCUT2D eigenvalue weighted by molar-refractivity contribution is -0.133. The Morgan fingerprint density at radius 1 is 0.962 bits per heavy atom. The molecular weight excluding hydrogens is 330 g/mol. The van der Waals surface area contributed by atoms with Gasteiger partial charge in [-0.25, -0.2) is 0 Å². The van der Waals surface area contributed by atoms with E-state index in [0.29, 0.717) is 18.2 Å². The average Bonchev–Trinajstić information content (AvgIpc) is 2.88. The SMILES string of the molecule is CC(C)(CN1CCCN(C(=O)CC2CCCOC2)CC1)N1CCOCC1. The molecule has 6 nitrogen and oxygen atoms in total. The second kappa shape index (κ2) is 9.49. The lowest BCUT2D eigenvalue weighted by Gasteiger charge is -2.43. The van der Waals surface area contributed by atoms with Crippen LogP contribution in [-0.4, -0.2) is 98.4 Å². The highest BCUT2D eigenvalue weighted by Crippen LogP contribution is 2.21. The van der Waals surface area contributed by atoms with Crippen molar-refractivity contribution in [3.05, 3.63) is 0 Å². The Hall–Kier alpha value is -0.690. The van der Waals surface area contributed by atoms with Crippen molar-refractivity contribution in [1.82, 2.24) is 14.7 Å².